The molecule has 1 spiro atoms. The molecular weight excluding hydrogens is 513 g/mol. The molecule has 0 radical (unpaired) electrons. The number of rotatable bonds is 3. The molecule has 2 heterocycles. The van der Waals surface area contributed by atoms with Crippen LogP contribution in [0.4, 0.5) is 10.1 Å². The van der Waals surface area contributed by atoms with Gasteiger partial charge in [0.05, 0.1) is 6.04 Å². The van der Waals surface area contributed by atoms with E-state index in [0.717, 1.165) is 5.56 Å². The zero-order chi connectivity index (χ0) is 26.9. The van der Waals surface area contributed by atoms with Gasteiger partial charge < -0.3 is 4.90 Å². The van der Waals surface area contributed by atoms with Crippen molar-refractivity contribution in [3.8, 4) is 0 Å². The molecule has 1 fully saturated rings. The third-order valence-electron chi connectivity index (χ3n) is 8.33. The fourth-order valence-electron chi connectivity index (χ4n) is 6.79. The first-order chi connectivity index (χ1) is 18.9. The average molecular weight is 534 g/mol. The average Bonchev–Trinajstić information content (AvgIpc) is 3.39. The maximum absolute atomic E-state index is 15.7. The van der Waals surface area contributed by atoms with Crippen LogP contribution in [0.15, 0.2) is 103 Å². The fourth-order valence-corrected chi connectivity index (χ4v) is 6.97. The van der Waals surface area contributed by atoms with Gasteiger partial charge in [-0.1, -0.05) is 96.5 Å². The minimum absolute atomic E-state index is 0.166. The molecule has 1 saturated heterocycles. The second kappa shape index (κ2) is 8.58. The zero-order valence-corrected chi connectivity index (χ0v) is 21.3. The highest BCUT2D eigenvalue weighted by Gasteiger charge is 2.71. The van der Waals surface area contributed by atoms with Gasteiger partial charge in [-0.25, -0.2) is 4.39 Å². The van der Waals surface area contributed by atoms with Crippen molar-refractivity contribution in [1.82, 2.24) is 0 Å². The third kappa shape index (κ3) is 3.14. The van der Waals surface area contributed by atoms with E-state index in [1.165, 1.54) is 6.07 Å². The van der Waals surface area contributed by atoms with Crippen LogP contribution in [-0.2, 0) is 0 Å². The molecule has 1 unspecified atom stereocenters. The Kier molecular flexibility index (Phi) is 5.23. The summed E-state index contributed by atoms with van der Waals surface area (Å²) in [7, 11) is 0. The van der Waals surface area contributed by atoms with Crippen LogP contribution in [0.2, 0.25) is 5.02 Å². The van der Waals surface area contributed by atoms with Gasteiger partial charge in [-0.05, 0) is 35.4 Å². The molecule has 4 nitrogen and oxygen atoms in total. The summed E-state index contributed by atoms with van der Waals surface area (Å²) in [6, 6.07) is 25.0. The predicted molar refractivity (Wildman–Crippen MR) is 148 cm³/mol. The lowest BCUT2D eigenvalue weighted by molar-refractivity contribution is 0.0664. The van der Waals surface area contributed by atoms with Gasteiger partial charge in [0.15, 0.2) is 17.3 Å². The number of ketones is 3. The molecule has 3 atom stereocenters. The Bertz CT molecular complexity index is 1700. The minimum Gasteiger partial charge on any atom is -0.352 e. The van der Waals surface area contributed by atoms with E-state index >= 15 is 4.39 Å². The van der Waals surface area contributed by atoms with Gasteiger partial charge >= 0.3 is 0 Å². The fraction of sp³-hybridized carbons (Fsp3) is 0.121. The number of halogens is 2. The van der Waals surface area contributed by atoms with Crippen LogP contribution in [-0.4, -0.2) is 29.4 Å². The Hall–Kier alpha value is -4.35. The number of carbonyl (C=O) groups is 3. The van der Waals surface area contributed by atoms with Gasteiger partial charge in [0.1, 0.15) is 17.3 Å². The van der Waals surface area contributed by atoms with Crippen LogP contribution < -0.4 is 4.90 Å². The normalized spacial score (nSPS) is 22.1. The number of nitrogens with zero attached hydrogens (tertiary/aromatic N) is 1. The van der Waals surface area contributed by atoms with Crippen molar-refractivity contribution < 1.29 is 18.8 Å². The first-order valence-corrected chi connectivity index (χ1v) is 13.1. The summed E-state index contributed by atoms with van der Waals surface area (Å²) >= 11 is 6.31. The van der Waals surface area contributed by atoms with Crippen LogP contribution >= 0.6 is 11.6 Å². The largest absolute Gasteiger partial charge is 0.352 e. The number of hydrogen-bond acceptors (Lipinski definition) is 4. The molecule has 1 aliphatic carbocycles. The van der Waals surface area contributed by atoms with E-state index in [9.17, 15) is 14.4 Å². The summed E-state index contributed by atoms with van der Waals surface area (Å²) in [5.74, 6) is -2.73. The highest BCUT2D eigenvalue weighted by atomic mass is 35.5. The second-order valence-electron chi connectivity index (χ2n) is 10.2. The molecule has 0 saturated carbocycles. The molecule has 0 bridgehead atoms. The second-order valence-corrected chi connectivity index (χ2v) is 10.6. The molecule has 0 aromatic heterocycles. The summed E-state index contributed by atoms with van der Waals surface area (Å²) in [4.78, 5) is 45.3. The van der Waals surface area contributed by atoms with Crippen LogP contribution in [0.25, 0.3) is 6.08 Å². The van der Waals surface area contributed by atoms with Crippen molar-refractivity contribution in [2.75, 3.05) is 4.90 Å². The van der Waals surface area contributed by atoms with E-state index in [2.05, 4.69) is 0 Å². The van der Waals surface area contributed by atoms with E-state index in [-0.39, 0.29) is 11.3 Å². The van der Waals surface area contributed by atoms with Gasteiger partial charge in [-0.3, -0.25) is 14.4 Å². The lowest BCUT2D eigenvalue weighted by atomic mass is 9.64. The Morgan fingerprint density at radius 3 is 2.15 bits per heavy atom. The highest BCUT2D eigenvalue weighted by Crippen LogP contribution is 2.61. The van der Waals surface area contributed by atoms with Gasteiger partial charge in [0.2, 0.25) is 0 Å². The van der Waals surface area contributed by atoms with E-state index in [1.807, 2.05) is 17.0 Å². The lowest BCUT2D eigenvalue weighted by Crippen LogP contribution is -2.48. The van der Waals surface area contributed by atoms with Crippen molar-refractivity contribution in [2.24, 2.45) is 5.41 Å². The summed E-state index contributed by atoms with van der Waals surface area (Å²) in [6.07, 6.45) is 3.63. The monoisotopic (exact) mass is 533 g/mol. The van der Waals surface area contributed by atoms with E-state index in [1.54, 1.807) is 91.0 Å². The smallest absolute Gasteiger partial charge is 0.185 e. The molecule has 3 aliphatic rings. The minimum atomic E-state index is -1.74. The number of hydrogen-bond donors (Lipinski definition) is 0. The number of benzene rings is 4. The Labute approximate surface area is 229 Å². The van der Waals surface area contributed by atoms with E-state index < -0.39 is 40.8 Å². The standard InChI is InChI=1S/C33H21ClFNO3/c34-21-15-16-26-20(18-21)14-17-27-33(31(38)22-10-4-5-11-23(22)32(33)39)28(24-12-6-7-13-25(24)35)29(36(26)27)30(37)19-8-2-1-3-9-19/h1-18,27-29H/t27?,28-,29+/m0/s1. The lowest BCUT2D eigenvalue weighted by Gasteiger charge is -2.37. The number of carbonyl (C=O) groups excluding carboxylic acids is 3. The van der Waals surface area contributed by atoms with Crippen LogP contribution in [0.1, 0.15) is 48.1 Å². The van der Waals surface area contributed by atoms with Crippen molar-refractivity contribution in [1.29, 1.82) is 0 Å². The van der Waals surface area contributed by atoms with Crippen LogP contribution in [0.5, 0.6) is 0 Å². The molecular formula is C33H21ClFNO3. The van der Waals surface area contributed by atoms with Gasteiger partial charge in [-0.2, -0.15) is 0 Å². The van der Waals surface area contributed by atoms with Crippen molar-refractivity contribution >= 4 is 40.7 Å². The molecule has 2 aliphatic heterocycles. The van der Waals surface area contributed by atoms with Gasteiger partial charge in [-0.15, -0.1) is 0 Å². The molecule has 6 heteroatoms. The Morgan fingerprint density at radius 1 is 0.821 bits per heavy atom. The quantitative estimate of drug-likeness (QED) is 0.215. The highest BCUT2D eigenvalue weighted by molar-refractivity contribution is 6.32. The SMILES string of the molecule is O=C(c1ccccc1)[C@H]1[C@H](c2ccccc2F)C2(C(=O)c3ccccc3C2=O)C2C=Cc3cc(Cl)ccc3N21. The maximum Gasteiger partial charge on any atom is 0.185 e. The van der Waals surface area contributed by atoms with Crippen molar-refractivity contribution in [2.45, 2.75) is 18.0 Å². The molecule has 4 aromatic carbocycles. The maximum atomic E-state index is 15.7. The van der Waals surface area contributed by atoms with Gasteiger partial charge in [0, 0.05) is 33.3 Å². The summed E-state index contributed by atoms with van der Waals surface area (Å²) in [5, 5.41) is 0.516. The van der Waals surface area contributed by atoms with E-state index in [0.29, 0.717) is 27.4 Å². The first-order valence-electron chi connectivity index (χ1n) is 12.7. The molecule has 190 valence electrons. The van der Waals surface area contributed by atoms with Crippen molar-refractivity contribution in [3.63, 3.8) is 0 Å². The summed E-state index contributed by atoms with van der Waals surface area (Å²) in [5.41, 5.74) is 0.855. The summed E-state index contributed by atoms with van der Waals surface area (Å²) < 4.78 is 15.7. The van der Waals surface area contributed by atoms with Crippen molar-refractivity contribution in [3.05, 3.63) is 142 Å². The molecule has 4 aromatic rings. The topological polar surface area (TPSA) is 54.5 Å². The third-order valence-corrected chi connectivity index (χ3v) is 8.57. The predicted octanol–water partition coefficient (Wildman–Crippen LogP) is 6.80. The number of anilines is 1. The Morgan fingerprint density at radius 2 is 1.46 bits per heavy atom. The Balaban J connectivity index is 1.57. The molecule has 0 N–H and O–H groups in total. The number of fused-ring (bicyclic) bond motifs is 5. The molecule has 39 heavy (non-hydrogen) atoms. The van der Waals surface area contributed by atoms with Crippen LogP contribution in [0, 0.1) is 11.2 Å². The zero-order valence-electron chi connectivity index (χ0n) is 20.6. The van der Waals surface area contributed by atoms with E-state index in [4.69, 9.17) is 11.6 Å². The molecule has 0 amide bonds. The summed E-state index contributed by atoms with van der Waals surface area (Å²) in [6.45, 7) is 0. The first kappa shape index (κ1) is 23.7. The molecule has 7 rings (SSSR count). The number of Topliss-reactive ketones (excluding diaryl/α,β-unsaturated/α-hetero) is 3. The van der Waals surface area contributed by atoms with Crippen LogP contribution in [0.3, 0.4) is 0 Å². The van der Waals surface area contributed by atoms with Gasteiger partial charge in [0.25, 0.3) is 0 Å².